The molecule has 2 aromatic carbocycles. The summed E-state index contributed by atoms with van der Waals surface area (Å²) in [5, 5.41) is 5.32. The minimum absolute atomic E-state index is 0.220. The summed E-state index contributed by atoms with van der Waals surface area (Å²) < 4.78 is 11.0. The van der Waals surface area contributed by atoms with Gasteiger partial charge in [0.25, 0.3) is 5.91 Å². The Morgan fingerprint density at radius 1 is 1.07 bits per heavy atom. The summed E-state index contributed by atoms with van der Waals surface area (Å²) >= 11 is 18.1. The lowest BCUT2D eigenvalue weighted by Gasteiger charge is -2.06. The highest BCUT2D eigenvalue weighted by Gasteiger charge is 2.09. The molecule has 0 saturated heterocycles. The zero-order valence-electron chi connectivity index (χ0n) is 13.8. The summed E-state index contributed by atoms with van der Waals surface area (Å²) in [6, 6.07) is 15.4. The van der Waals surface area contributed by atoms with Crippen LogP contribution >= 0.6 is 34.8 Å². The van der Waals surface area contributed by atoms with E-state index in [1.54, 1.807) is 54.6 Å². The van der Waals surface area contributed by atoms with E-state index in [0.29, 0.717) is 37.9 Å². The quantitative estimate of drug-likeness (QED) is 0.424. The van der Waals surface area contributed by atoms with Crippen molar-refractivity contribution in [3.8, 4) is 17.1 Å². The molecule has 0 bridgehead atoms. The first-order valence-electron chi connectivity index (χ1n) is 7.77. The molecular weight excluding hydrogens is 411 g/mol. The highest BCUT2D eigenvalue weighted by Crippen LogP contribution is 2.31. The number of rotatable bonds is 6. The number of amides is 1. The number of carbonyl (C=O) groups excluding carboxylic acids is 1. The molecule has 3 aromatic rings. The fourth-order valence-corrected chi connectivity index (χ4v) is 2.73. The second-order valence-corrected chi connectivity index (χ2v) is 6.59. The van der Waals surface area contributed by atoms with E-state index in [1.807, 2.05) is 0 Å². The van der Waals surface area contributed by atoms with E-state index in [4.69, 9.17) is 44.0 Å². The van der Waals surface area contributed by atoms with Crippen LogP contribution in [-0.2, 0) is 4.79 Å². The molecule has 27 heavy (non-hydrogen) atoms. The number of carbonyl (C=O) groups is 1. The number of hydrogen-bond acceptors (Lipinski definition) is 4. The number of para-hydroxylation sites is 1. The van der Waals surface area contributed by atoms with Crippen LogP contribution in [0.2, 0.25) is 15.1 Å². The van der Waals surface area contributed by atoms with Gasteiger partial charge in [0.15, 0.2) is 6.61 Å². The molecule has 0 aliphatic carbocycles. The number of hydrogen-bond donors (Lipinski definition) is 1. The minimum atomic E-state index is -0.434. The molecule has 0 spiro atoms. The predicted octanol–water partition coefficient (Wildman–Crippen LogP) is 5.44. The highest BCUT2D eigenvalue weighted by atomic mass is 35.5. The van der Waals surface area contributed by atoms with Crippen LogP contribution in [0.25, 0.3) is 11.3 Å². The Balaban J connectivity index is 1.56. The average Bonchev–Trinajstić information content (AvgIpc) is 3.12. The third-order valence-electron chi connectivity index (χ3n) is 3.40. The van der Waals surface area contributed by atoms with Crippen LogP contribution in [-0.4, -0.2) is 18.7 Å². The van der Waals surface area contributed by atoms with Gasteiger partial charge in [-0.2, -0.15) is 5.10 Å². The smallest absolute Gasteiger partial charge is 0.277 e. The minimum Gasteiger partial charge on any atom is -0.482 e. The van der Waals surface area contributed by atoms with Gasteiger partial charge in [-0.25, -0.2) is 5.43 Å². The van der Waals surface area contributed by atoms with E-state index in [1.165, 1.54) is 6.21 Å². The first kappa shape index (κ1) is 19.3. The van der Waals surface area contributed by atoms with Gasteiger partial charge in [0.2, 0.25) is 0 Å². The zero-order valence-corrected chi connectivity index (χ0v) is 16.1. The van der Waals surface area contributed by atoms with E-state index < -0.39 is 5.91 Å². The van der Waals surface area contributed by atoms with Crippen LogP contribution < -0.4 is 10.2 Å². The number of hydrazone groups is 1. The van der Waals surface area contributed by atoms with Gasteiger partial charge in [-0.15, -0.1) is 0 Å². The molecule has 138 valence electrons. The van der Waals surface area contributed by atoms with Gasteiger partial charge < -0.3 is 9.15 Å². The van der Waals surface area contributed by atoms with Crippen LogP contribution in [0.3, 0.4) is 0 Å². The van der Waals surface area contributed by atoms with Gasteiger partial charge in [-0.3, -0.25) is 4.79 Å². The molecule has 0 radical (unpaired) electrons. The molecule has 1 heterocycles. The van der Waals surface area contributed by atoms with Crippen LogP contribution in [0.1, 0.15) is 5.76 Å². The maximum Gasteiger partial charge on any atom is 0.277 e. The summed E-state index contributed by atoms with van der Waals surface area (Å²) in [5.74, 6) is 0.967. The number of furan rings is 1. The molecule has 1 aromatic heterocycles. The summed E-state index contributed by atoms with van der Waals surface area (Å²) in [5.41, 5.74) is 3.01. The van der Waals surface area contributed by atoms with Gasteiger partial charge in [0.1, 0.15) is 17.3 Å². The number of nitrogens with one attached hydrogen (secondary N) is 1. The lowest BCUT2D eigenvalue weighted by Crippen LogP contribution is -2.24. The van der Waals surface area contributed by atoms with Crippen LogP contribution in [0.15, 0.2) is 64.1 Å². The number of nitrogens with zero attached hydrogens (tertiary/aromatic N) is 1. The third kappa shape index (κ3) is 5.26. The van der Waals surface area contributed by atoms with Crippen molar-refractivity contribution in [1.82, 2.24) is 5.43 Å². The average molecular weight is 424 g/mol. The zero-order chi connectivity index (χ0) is 19.2. The molecular formula is C19H13Cl3N2O3. The van der Waals surface area contributed by atoms with Crippen molar-refractivity contribution in [1.29, 1.82) is 0 Å². The predicted molar refractivity (Wildman–Crippen MR) is 107 cm³/mol. The van der Waals surface area contributed by atoms with Gasteiger partial charge in [0, 0.05) is 10.6 Å². The largest absolute Gasteiger partial charge is 0.482 e. The van der Waals surface area contributed by atoms with Gasteiger partial charge in [0.05, 0.1) is 16.3 Å². The lowest BCUT2D eigenvalue weighted by atomic mass is 10.2. The van der Waals surface area contributed by atoms with Crippen molar-refractivity contribution in [2.45, 2.75) is 0 Å². The van der Waals surface area contributed by atoms with E-state index in [2.05, 4.69) is 10.5 Å². The van der Waals surface area contributed by atoms with E-state index >= 15 is 0 Å². The molecule has 0 aliphatic rings. The fourth-order valence-electron chi connectivity index (χ4n) is 2.16. The van der Waals surface area contributed by atoms with Crippen molar-refractivity contribution >= 4 is 46.9 Å². The normalized spacial score (nSPS) is 10.9. The molecule has 8 heteroatoms. The van der Waals surface area contributed by atoms with Crippen LogP contribution in [0, 0.1) is 0 Å². The maximum atomic E-state index is 11.8. The fraction of sp³-hybridized carbons (Fsp3) is 0.0526. The SMILES string of the molecule is O=C(COc1ccccc1Cl)N/N=C\c1ccc(-c2cc(Cl)ccc2Cl)o1. The number of ether oxygens (including phenoxy) is 1. The van der Waals surface area contributed by atoms with Crippen molar-refractivity contribution in [2.24, 2.45) is 5.10 Å². The molecule has 0 fully saturated rings. The summed E-state index contributed by atoms with van der Waals surface area (Å²) in [6.07, 6.45) is 1.37. The first-order chi connectivity index (χ1) is 13.0. The van der Waals surface area contributed by atoms with Crippen molar-refractivity contribution < 1.29 is 13.9 Å². The Morgan fingerprint density at radius 3 is 2.70 bits per heavy atom. The summed E-state index contributed by atoms with van der Waals surface area (Å²) in [4.78, 5) is 11.8. The Bertz CT molecular complexity index is 986. The molecule has 0 unspecified atom stereocenters. The maximum absolute atomic E-state index is 11.8. The second-order valence-electron chi connectivity index (χ2n) is 5.34. The van der Waals surface area contributed by atoms with Crippen LogP contribution in [0.5, 0.6) is 5.75 Å². The van der Waals surface area contributed by atoms with Crippen molar-refractivity contribution in [3.05, 3.63) is 75.4 Å². The summed E-state index contributed by atoms with van der Waals surface area (Å²) in [6.45, 7) is -0.220. The van der Waals surface area contributed by atoms with Crippen molar-refractivity contribution in [2.75, 3.05) is 6.61 Å². The Kier molecular flexibility index (Phi) is 6.40. The number of halogens is 3. The Hall–Kier alpha value is -2.47. The topological polar surface area (TPSA) is 63.8 Å². The molecule has 5 nitrogen and oxygen atoms in total. The van der Waals surface area contributed by atoms with Gasteiger partial charge in [-0.1, -0.05) is 46.9 Å². The molecule has 0 aliphatic heterocycles. The molecule has 3 rings (SSSR count). The van der Waals surface area contributed by atoms with E-state index in [0.717, 1.165) is 0 Å². The monoisotopic (exact) mass is 422 g/mol. The van der Waals surface area contributed by atoms with E-state index in [-0.39, 0.29) is 6.61 Å². The van der Waals surface area contributed by atoms with E-state index in [9.17, 15) is 4.79 Å². The standard InChI is InChI=1S/C19H13Cl3N2O3/c20-12-5-7-15(21)14(9-12)17-8-6-13(27-17)10-23-24-19(25)11-26-18-4-2-1-3-16(18)22/h1-10H,11H2,(H,24,25)/b23-10-. The highest BCUT2D eigenvalue weighted by molar-refractivity contribution is 6.35. The second kappa shape index (κ2) is 8.95. The molecule has 1 amide bonds. The molecule has 0 atom stereocenters. The van der Waals surface area contributed by atoms with Gasteiger partial charge >= 0.3 is 0 Å². The lowest BCUT2D eigenvalue weighted by molar-refractivity contribution is -0.123. The number of benzene rings is 2. The Labute approximate surface area is 170 Å². The first-order valence-corrected chi connectivity index (χ1v) is 8.91. The summed E-state index contributed by atoms with van der Waals surface area (Å²) in [7, 11) is 0. The third-order valence-corrected chi connectivity index (χ3v) is 4.27. The van der Waals surface area contributed by atoms with Crippen molar-refractivity contribution in [3.63, 3.8) is 0 Å². The Morgan fingerprint density at radius 2 is 1.89 bits per heavy atom. The molecule has 1 N–H and O–H groups in total. The molecule has 0 saturated carbocycles. The van der Waals surface area contributed by atoms with Crippen LogP contribution in [0.4, 0.5) is 0 Å². The van der Waals surface area contributed by atoms with Gasteiger partial charge in [-0.05, 0) is 42.5 Å².